The van der Waals surface area contributed by atoms with E-state index in [0.29, 0.717) is 21.9 Å². The molecule has 0 atom stereocenters. The molecule has 1 aromatic carbocycles. The number of amides is 1. The van der Waals surface area contributed by atoms with Crippen LogP contribution in [0.2, 0.25) is 0 Å². The van der Waals surface area contributed by atoms with E-state index in [9.17, 15) is 4.79 Å². The second-order valence-corrected chi connectivity index (χ2v) is 6.28. The molecular formula is C16H14N4OS2. The van der Waals surface area contributed by atoms with Crippen LogP contribution in [0.3, 0.4) is 0 Å². The number of hydrogen-bond donors (Lipinski definition) is 3. The molecule has 0 aliphatic carbocycles. The average molecular weight is 342 g/mol. The molecule has 2 aromatic heterocycles. The number of H-pyrrole nitrogens is 2. The van der Waals surface area contributed by atoms with Crippen molar-refractivity contribution in [1.29, 1.82) is 0 Å². The molecule has 0 unspecified atom stereocenters. The zero-order valence-corrected chi connectivity index (χ0v) is 13.9. The first-order valence-corrected chi connectivity index (χ1v) is 8.19. The monoisotopic (exact) mass is 342 g/mol. The van der Waals surface area contributed by atoms with Crippen molar-refractivity contribution in [2.75, 3.05) is 0 Å². The summed E-state index contributed by atoms with van der Waals surface area (Å²) in [6, 6.07) is 11.3. The van der Waals surface area contributed by atoms with Gasteiger partial charge in [-0.15, -0.1) is 11.3 Å². The van der Waals surface area contributed by atoms with Crippen molar-refractivity contribution >= 4 is 41.2 Å². The van der Waals surface area contributed by atoms with Gasteiger partial charge in [-0.25, -0.2) is 0 Å². The van der Waals surface area contributed by atoms with Gasteiger partial charge in [0.25, 0.3) is 5.91 Å². The van der Waals surface area contributed by atoms with Gasteiger partial charge in [0.05, 0.1) is 5.70 Å². The van der Waals surface area contributed by atoms with E-state index in [1.807, 2.05) is 42.6 Å². The second kappa shape index (κ2) is 6.72. The normalized spacial score (nSPS) is 11.4. The Balaban J connectivity index is 1.91. The molecule has 7 heteroatoms. The number of aromatic amines is 2. The lowest BCUT2D eigenvalue weighted by Crippen LogP contribution is -2.22. The van der Waals surface area contributed by atoms with Crippen LogP contribution >= 0.6 is 23.6 Å². The molecule has 23 heavy (non-hydrogen) atoms. The zero-order chi connectivity index (χ0) is 16.2. The van der Waals surface area contributed by atoms with Gasteiger partial charge in [-0.2, -0.15) is 4.98 Å². The lowest BCUT2D eigenvalue weighted by Gasteiger charge is -2.07. The summed E-state index contributed by atoms with van der Waals surface area (Å²) >= 11 is 6.56. The summed E-state index contributed by atoms with van der Waals surface area (Å²) in [5.41, 5.74) is 2.25. The molecule has 5 nitrogen and oxygen atoms in total. The summed E-state index contributed by atoms with van der Waals surface area (Å²) in [5.74, 6) is 0.291. The predicted molar refractivity (Wildman–Crippen MR) is 94.6 cm³/mol. The summed E-state index contributed by atoms with van der Waals surface area (Å²) in [6.45, 7) is 1.98. The molecule has 0 bridgehead atoms. The van der Waals surface area contributed by atoms with Crippen LogP contribution in [0.15, 0.2) is 41.8 Å². The van der Waals surface area contributed by atoms with Gasteiger partial charge in [0.2, 0.25) is 4.77 Å². The predicted octanol–water partition coefficient (Wildman–Crippen LogP) is 3.77. The summed E-state index contributed by atoms with van der Waals surface area (Å²) in [5, 5.41) is 10.5. The number of aryl methyl sites for hydroxylation is 1. The molecule has 0 saturated carbocycles. The summed E-state index contributed by atoms with van der Waals surface area (Å²) in [7, 11) is 0. The van der Waals surface area contributed by atoms with Crippen molar-refractivity contribution in [3.05, 3.63) is 68.4 Å². The van der Waals surface area contributed by atoms with E-state index in [-0.39, 0.29) is 5.91 Å². The Labute approximate surface area is 142 Å². The van der Waals surface area contributed by atoms with Crippen LogP contribution in [-0.2, 0) is 0 Å². The minimum atomic E-state index is -0.199. The molecular weight excluding hydrogens is 328 g/mol. The lowest BCUT2D eigenvalue weighted by atomic mass is 10.1. The van der Waals surface area contributed by atoms with Crippen LogP contribution in [0.1, 0.15) is 26.6 Å². The number of carbonyl (C=O) groups is 1. The fourth-order valence-corrected chi connectivity index (χ4v) is 2.78. The Bertz CT molecular complexity index is 889. The summed E-state index contributed by atoms with van der Waals surface area (Å²) < 4.78 is 0.335. The number of nitrogens with one attached hydrogen (secondary N) is 3. The molecule has 0 spiro atoms. The first-order chi connectivity index (χ1) is 11.1. The topological polar surface area (TPSA) is 73.6 Å². The maximum absolute atomic E-state index is 12.4. The average Bonchev–Trinajstić information content (AvgIpc) is 3.19. The van der Waals surface area contributed by atoms with Crippen LogP contribution in [0.4, 0.5) is 0 Å². The molecule has 3 aromatic rings. The molecule has 3 N–H and O–H groups in total. The van der Waals surface area contributed by atoms with E-state index in [2.05, 4.69) is 20.5 Å². The highest BCUT2D eigenvalue weighted by Gasteiger charge is 2.12. The van der Waals surface area contributed by atoms with Crippen LogP contribution < -0.4 is 5.32 Å². The van der Waals surface area contributed by atoms with Gasteiger partial charge in [-0.1, -0.05) is 23.8 Å². The fraction of sp³-hybridized carbons (Fsp3) is 0.0625. The van der Waals surface area contributed by atoms with E-state index in [0.717, 1.165) is 10.4 Å². The molecule has 2 heterocycles. The standard InChI is InChI=1S/C16H14N4OS2/c1-10-4-6-11(7-5-10)15(21)17-13(9-12-3-2-8-23-12)14-18-16(22)20-19-14/h2-9H,1H3,(H,17,21)(H2,18,19,20,22). The molecule has 1 amide bonds. The van der Waals surface area contributed by atoms with Crippen molar-refractivity contribution in [2.45, 2.75) is 6.92 Å². The van der Waals surface area contributed by atoms with Crippen molar-refractivity contribution in [2.24, 2.45) is 0 Å². The third kappa shape index (κ3) is 3.82. The third-order valence-electron chi connectivity index (χ3n) is 3.15. The smallest absolute Gasteiger partial charge is 0.255 e. The molecule has 0 saturated heterocycles. The van der Waals surface area contributed by atoms with Gasteiger partial charge in [0.15, 0.2) is 5.82 Å². The van der Waals surface area contributed by atoms with Gasteiger partial charge in [0, 0.05) is 10.4 Å². The fourth-order valence-electron chi connectivity index (χ4n) is 1.98. The minimum absolute atomic E-state index is 0.199. The SMILES string of the molecule is Cc1ccc(C(=O)NC(=Cc2cccs2)c2nc(=S)[nH][nH]2)cc1. The first-order valence-electron chi connectivity index (χ1n) is 6.90. The molecule has 116 valence electrons. The highest BCUT2D eigenvalue weighted by atomic mass is 32.1. The molecule has 0 aliphatic heterocycles. The van der Waals surface area contributed by atoms with Crippen molar-refractivity contribution in [1.82, 2.24) is 20.5 Å². The third-order valence-corrected chi connectivity index (χ3v) is 4.16. The summed E-state index contributed by atoms with van der Waals surface area (Å²) in [6.07, 6.45) is 1.86. The van der Waals surface area contributed by atoms with Gasteiger partial charge in [-0.05, 0) is 48.8 Å². The number of thiophene rings is 1. The number of nitrogens with zero attached hydrogens (tertiary/aromatic N) is 1. The van der Waals surface area contributed by atoms with Crippen molar-refractivity contribution in [3.63, 3.8) is 0 Å². The molecule has 0 radical (unpaired) electrons. The maximum Gasteiger partial charge on any atom is 0.255 e. The van der Waals surface area contributed by atoms with E-state index in [1.54, 1.807) is 23.5 Å². The van der Waals surface area contributed by atoms with Gasteiger partial charge in [-0.3, -0.25) is 15.0 Å². The highest BCUT2D eigenvalue weighted by molar-refractivity contribution is 7.71. The second-order valence-electron chi connectivity index (χ2n) is 4.91. The number of aromatic nitrogens is 3. The highest BCUT2D eigenvalue weighted by Crippen LogP contribution is 2.17. The lowest BCUT2D eigenvalue weighted by molar-refractivity contribution is 0.0973. The largest absolute Gasteiger partial charge is 0.319 e. The van der Waals surface area contributed by atoms with E-state index in [4.69, 9.17) is 12.2 Å². The quantitative estimate of drug-likeness (QED) is 0.632. The van der Waals surface area contributed by atoms with Crippen LogP contribution in [0.5, 0.6) is 0 Å². The Morgan fingerprint density at radius 1 is 1.26 bits per heavy atom. The van der Waals surface area contributed by atoms with Gasteiger partial charge in [0.1, 0.15) is 0 Å². The van der Waals surface area contributed by atoms with Crippen molar-refractivity contribution in [3.8, 4) is 0 Å². The molecule has 0 aliphatic rings. The first kappa shape index (κ1) is 15.4. The Morgan fingerprint density at radius 2 is 2.04 bits per heavy atom. The van der Waals surface area contributed by atoms with Gasteiger partial charge >= 0.3 is 0 Å². The molecule has 0 fully saturated rings. The van der Waals surface area contributed by atoms with Crippen LogP contribution in [0.25, 0.3) is 11.8 Å². The van der Waals surface area contributed by atoms with E-state index in [1.165, 1.54) is 0 Å². The Kier molecular flexibility index (Phi) is 4.50. The van der Waals surface area contributed by atoms with Crippen LogP contribution in [-0.4, -0.2) is 21.1 Å². The van der Waals surface area contributed by atoms with Crippen LogP contribution in [0, 0.1) is 11.7 Å². The maximum atomic E-state index is 12.4. The Morgan fingerprint density at radius 3 is 2.65 bits per heavy atom. The zero-order valence-electron chi connectivity index (χ0n) is 12.3. The molecule has 3 rings (SSSR count). The minimum Gasteiger partial charge on any atom is -0.319 e. The van der Waals surface area contributed by atoms with Crippen molar-refractivity contribution < 1.29 is 4.79 Å². The summed E-state index contributed by atoms with van der Waals surface area (Å²) in [4.78, 5) is 17.6. The number of hydrogen-bond acceptors (Lipinski definition) is 4. The number of rotatable bonds is 4. The Hall–Kier alpha value is -2.51. The van der Waals surface area contributed by atoms with Gasteiger partial charge < -0.3 is 5.32 Å². The number of carbonyl (C=O) groups excluding carboxylic acids is 1. The number of benzene rings is 1. The van der Waals surface area contributed by atoms with E-state index < -0.39 is 0 Å². The van der Waals surface area contributed by atoms with E-state index >= 15 is 0 Å².